The maximum Gasteiger partial charge on any atom is 0.405 e. The molecule has 0 heterocycles. The average molecular weight is 239 g/mol. The molecule has 1 amide bonds. The molecule has 0 radical (unpaired) electrons. The van der Waals surface area contributed by atoms with Crippen LogP contribution in [0, 0.1) is 0 Å². The smallest absolute Gasteiger partial charge is 0.405 e. The van der Waals surface area contributed by atoms with Crippen molar-refractivity contribution in [3.63, 3.8) is 0 Å². The summed E-state index contributed by atoms with van der Waals surface area (Å²) in [5.41, 5.74) is 5.85. The first-order valence-electron chi connectivity index (χ1n) is 5.46. The first-order chi connectivity index (χ1) is 8.09. The van der Waals surface area contributed by atoms with E-state index in [1.807, 2.05) is 30.3 Å². The SMILES string of the molecule is NC(=O)OC(CCCC(O)O)c1ccccc1. The van der Waals surface area contributed by atoms with Crippen molar-refractivity contribution in [1.29, 1.82) is 0 Å². The molecule has 1 rings (SSSR count). The van der Waals surface area contributed by atoms with Gasteiger partial charge in [-0.25, -0.2) is 4.79 Å². The molecule has 0 bridgehead atoms. The van der Waals surface area contributed by atoms with Gasteiger partial charge in [0.2, 0.25) is 0 Å². The summed E-state index contributed by atoms with van der Waals surface area (Å²) in [6, 6.07) is 9.22. The van der Waals surface area contributed by atoms with E-state index in [9.17, 15) is 4.79 Å². The quantitative estimate of drug-likeness (QED) is 0.652. The van der Waals surface area contributed by atoms with Crippen LogP contribution in [0.4, 0.5) is 4.79 Å². The molecule has 1 unspecified atom stereocenters. The van der Waals surface area contributed by atoms with Gasteiger partial charge >= 0.3 is 6.09 Å². The van der Waals surface area contributed by atoms with Crippen molar-refractivity contribution < 1.29 is 19.7 Å². The highest BCUT2D eigenvalue weighted by Crippen LogP contribution is 2.23. The van der Waals surface area contributed by atoms with Crippen LogP contribution in [0.5, 0.6) is 0 Å². The number of amides is 1. The Morgan fingerprint density at radius 2 is 1.88 bits per heavy atom. The normalized spacial score (nSPS) is 12.4. The monoisotopic (exact) mass is 239 g/mol. The number of hydrogen-bond donors (Lipinski definition) is 3. The van der Waals surface area contributed by atoms with Crippen molar-refractivity contribution in [2.45, 2.75) is 31.7 Å². The molecule has 94 valence electrons. The fourth-order valence-electron chi connectivity index (χ4n) is 1.59. The molecule has 17 heavy (non-hydrogen) atoms. The summed E-state index contributed by atoms with van der Waals surface area (Å²) in [6.07, 6.45) is -1.32. The van der Waals surface area contributed by atoms with Crippen LogP contribution in [0.25, 0.3) is 0 Å². The molecule has 1 atom stereocenters. The number of benzene rings is 1. The minimum atomic E-state index is -1.33. The van der Waals surface area contributed by atoms with Gasteiger partial charge in [-0.15, -0.1) is 0 Å². The summed E-state index contributed by atoms with van der Waals surface area (Å²) in [7, 11) is 0. The van der Waals surface area contributed by atoms with E-state index in [0.29, 0.717) is 12.8 Å². The zero-order chi connectivity index (χ0) is 12.7. The molecule has 0 spiro atoms. The number of primary amides is 1. The standard InChI is InChI=1S/C12H17NO4/c13-12(16)17-10(7-4-8-11(14)15)9-5-2-1-3-6-9/h1-3,5-6,10-11,14-15H,4,7-8H2,(H2,13,16). The molecule has 0 saturated heterocycles. The lowest BCUT2D eigenvalue weighted by molar-refractivity contribution is -0.0481. The number of hydrogen-bond acceptors (Lipinski definition) is 4. The number of rotatable bonds is 6. The van der Waals surface area contributed by atoms with E-state index in [-0.39, 0.29) is 6.42 Å². The molecule has 0 aliphatic carbocycles. The molecule has 1 aromatic rings. The number of ether oxygens (including phenoxy) is 1. The molecule has 0 aliphatic rings. The van der Waals surface area contributed by atoms with Crippen molar-refractivity contribution in [3.8, 4) is 0 Å². The Morgan fingerprint density at radius 1 is 1.24 bits per heavy atom. The highest BCUT2D eigenvalue weighted by atomic mass is 16.6. The van der Waals surface area contributed by atoms with Gasteiger partial charge in [-0.2, -0.15) is 0 Å². The van der Waals surface area contributed by atoms with E-state index in [4.69, 9.17) is 20.7 Å². The number of aliphatic hydroxyl groups is 2. The van der Waals surface area contributed by atoms with Crippen LogP contribution in [0.2, 0.25) is 0 Å². The third-order valence-electron chi connectivity index (χ3n) is 2.36. The minimum Gasteiger partial charge on any atom is -0.442 e. The topological polar surface area (TPSA) is 92.8 Å². The first-order valence-corrected chi connectivity index (χ1v) is 5.46. The van der Waals surface area contributed by atoms with E-state index >= 15 is 0 Å². The summed E-state index contributed by atoms with van der Waals surface area (Å²) < 4.78 is 4.99. The second-order valence-corrected chi connectivity index (χ2v) is 3.75. The molecule has 0 saturated carbocycles. The van der Waals surface area contributed by atoms with Crippen LogP contribution < -0.4 is 5.73 Å². The number of aliphatic hydroxyl groups excluding tert-OH is 1. The van der Waals surface area contributed by atoms with E-state index in [0.717, 1.165) is 5.56 Å². The number of nitrogens with two attached hydrogens (primary N) is 1. The lowest BCUT2D eigenvalue weighted by Crippen LogP contribution is -2.18. The van der Waals surface area contributed by atoms with Gasteiger partial charge in [-0.1, -0.05) is 30.3 Å². The molecular formula is C12H17NO4. The van der Waals surface area contributed by atoms with Crippen LogP contribution in [-0.2, 0) is 4.74 Å². The van der Waals surface area contributed by atoms with Gasteiger partial charge in [0.1, 0.15) is 6.10 Å². The average Bonchev–Trinajstić information content (AvgIpc) is 2.28. The zero-order valence-electron chi connectivity index (χ0n) is 9.45. The lowest BCUT2D eigenvalue weighted by Gasteiger charge is -2.17. The van der Waals surface area contributed by atoms with Crippen molar-refractivity contribution in [1.82, 2.24) is 0 Å². The Labute approximate surface area is 99.8 Å². The van der Waals surface area contributed by atoms with Crippen molar-refractivity contribution in [2.75, 3.05) is 0 Å². The largest absolute Gasteiger partial charge is 0.442 e. The Kier molecular flexibility index (Phi) is 5.45. The predicted molar refractivity (Wildman–Crippen MR) is 61.9 cm³/mol. The summed E-state index contributed by atoms with van der Waals surface area (Å²) in [5.74, 6) is 0. The maximum atomic E-state index is 10.8. The molecule has 0 fully saturated rings. The van der Waals surface area contributed by atoms with Crippen molar-refractivity contribution in [3.05, 3.63) is 35.9 Å². The van der Waals surface area contributed by atoms with Crippen molar-refractivity contribution >= 4 is 6.09 Å². The lowest BCUT2D eigenvalue weighted by atomic mass is 10.0. The Bertz CT molecular complexity index is 340. The summed E-state index contributed by atoms with van der Waals surface area (Å²) in [4.78, 5) is 10.8. The highest BCUT2D eigenvalue weighted by molar-refractivity contribution is 5.65. The highest BCUT2D eigenvalue weighted by Gasteiger charge is 2.15. The van der Waals surface area contributed by atoms with Crippen LogP contribution in [0.1, 0.15) is 30.9 Å². The third kappa shape index (κ3) is 5.33. The fourth-order valence-corrected chi connectivity index (χ4v) is 1.59. The van der Waals surface area contributed by atoms with Gasteiger partial charge in [0.25, 0.3) is 0 Å². The van der Waals surface area contributed by atoms with Gasteiger partial charge in [-0.05, 0) is 24.8 Å². The zero-order valence-corrected chi connectivity index (χ0v) is 9.45. The van der Waals surface area contributed by atoms with Crippen LogP contribution in [0.3, 0.4) is 0 Å². The van der Waals surface area contributed by atoms with E-state index in [1.54, 1.807) is 0 Å². The van der Waals surface area contributed by atoms with E-state index in [2.05, 4.69) is 0 Å². The Hall–Kier alpha value is -1.59. The Morgan fingerprint density at radius 3 is 2.41 bits per heavy atom. The van der Waals surface area contributed by atoms with E-state index in [1.165, 1.54) is 0 Å². The summed E-state index contributed by atoms with van der Waals surface area (Å²) in [6.45, 7) is 0. The van der Waals surface area contributed by atoms with Crippen LogP contribution >= 0.6 is 0 Å². The van der Waals surface area contributed by atoms with Gasteiger partial charge in [-0.3, -0.25) is 0 Å². The molecule has 1 aromatic carbocycles. The maximum absolute atomic E-state index is 10.8. The van der Waals surface area contributed by atoms with Gasteiger partial charge < -0.3 is 20.7 Å². The number of carbonyl (C=O) groups is 1. The third-order valence-corrected chi connectivity index (χ3v) is 2.36. The predicted octanol–water partition coefficient (Wildman–Crippen LogP) is 1.30. The fraction of sp³-hybridized carbons (Fsp3) is 0.417. The van der Waals surface area contributed by atoms with Crippen LogP contribution in [-0.4, -0.2) is 22.6 Å². The van der Waals surface area contributed by atoms with Gasteiger partial charge in [0, 0.05) is 0 Å². The summed E-state index contributed by atoms with van der Waals surface area (Å²) >= 11 is 0. The molecule has 0 aliphatic heterocycles. The second-order valence-electron chi connectivity index (χ2n) is 3.75. The molecule has 5 nitrogen and oxygen atoms in total. The Balaban J connectivity index is 2.58. The number of carbonyl (C=O) groups excluding carboxylic acids is 1. The van der Waals surface area contributed by atoms with Gasteiger partial charge in [0.15, 0.2) is 6.29 Å². The second kappa shape index (κ2) is 6.88. The van der Waals surface area contributed by atoms with Crippen LogP contribution in [0.15, 0.2) is 30.3 Å². The molecule has 0 aromatic heterocycles. The minimum absolute atomic E-state index is 0.242. The summed E-state index contributed by atoms with van der Waals surface area (Å²) in [5, 5.41) is 17.5. The van der Waals surface area contributed by atoms with Gasteiger partial charge in [0.05, 0.1) is 0 Å². The first kappa shape index (κ1) is 13.5. The molecule has 5 heteroatoms. The van der Waals surface area contributed by atoms with Crippen molar-refractivity contribution in [2.24, 2.45) is 5.73 Å². The molecule has 4 N–H and O–H groups in total. The van der Waals surface area contributed by atoms with E-state index < -0.39 is 18.5 Å². The molecular weight excluding hydrogens is 222 g/mol.